The Morgan fingerprint density at radius 2 is 1.92 bits per heavy atom. The van der Waals surface area contributed by atoms with Gasteiger partial charge in [0, 0.05) is 29.1 Å². The highest BCUT2D eigenvalue weighted by Gasteiger charge is 2.13. The fourth-order valence-electron chi connectivity index (χ4n) is 2.98. The SMILES string of the molecule is OCc1cc(-c2ncccc2-c2ccc3c(c2)C=NC3)ccc1F. The van der Waals surface area contributed by atoms with Crippen LogP contribution in [0.15, 0.2) is 59.7 Å². The van der Waals surface area contributed by atoms with E-state index in [4.69, 9.17) is 0 Å². The molecule has 118 valence electrons. The molecule has 0 saturated carbocycles. The second-order valence-corrected chi connectivity index (χ2v) is 5.75. The molecule has 0 fully saturated rings. The number of fused-ring (bicyclic) bond motifs is 1. The molecule has 0 atom stereocenters. The third kappa shape index (κ3) is 2.51. The van der Waals surface area contributed by atoms with Crippen LogP contribution in [0.2, 0.25) is 0 Å². The molecule has 4 rings (SSSR count). The molecular weight excluding hydrogens is 303 g/mol. The first-order valence-electron chi connectivity index (χ1n) is 7.74. The van der Waals surface area contributed by atoms with E-state index >= 15 is 0 Å². The van der Waals surface area contributed by atoms with Crippen molar-refractivity contribution in [1.82, 2.24) is 4.98 Å². The molecule has 2 heterocycles. The van der Waals surface area contributed by atoms with Gasteiger partial charge in [0.25, 0.3) is 0 Å². The van der Waals surface area contributed by atoms with Crippen LogP contribution in [0.3, 0.4) is 0 Å². The van der Waals surface area contributed by atoms with E-state index in [2.05, 4.69) is 28.2 Å². The minimum atomic E-state index is -0.410. The summed E-state index contributed by atoms with van der Waals surface area (Å²) in [5.74, 6) is -0.410. The number of hydrogen-bond acceptors (Lipinski definition) is 3. The molecular formula is C20H15FN2O. The van der Waals surface area contributed by atoms with Gasteiger partial charge in [0.05, 0.1) is 18.8 Å². The average molecular weight is 318 g/mol. The number of halogens is 1. The van der Waals surface area contributed by atoms with Gasteiger partial charge in [-0.05, 0) is 47.0 Å². The highest BCUT2D eigenvalue weighted by atomic mass is 19.1. The summed E-state index contributed by atoms with van der Waals surface area (Å²) in [4.78, 5) is 8.78. The van der Waals surface area contributed by atoms with Gasteiger partial charge >= 0.3 is 0 Å². The van der Waals surface area contributed by atoms with Crippen molar-refractivity contribution in [3.8, 4) is 22.4 Å². The molecule has 1 aliphatic rings. The number of aliphatic imine (C=N–C) groups is 1. The molecule has 0 bridgehead atoms. The van der Waals surface area contributed by atoms with Crippen molar-refractivity contribution >= 4 is 6.21 Å². The van der Waals surface area contributed by atoms with Crippen LogP contribution in [0.4, 0.5) is 4.39 Å². The van der Waals surface area contributed by atoms with Crippen molar-refractivity contribution in [2.75, 3.05) is 0 Å². The van der Waals surface area contributed by atoms with Gasteiger partial charge in [0.1, 0.15) is 5.82 Å². The quantitative estimate of drug-likeness (QED) is 0.794. The summed E-state index contributed by atoms with van der Waals surface area (Å²) in [5, 5.41) is 9.31. The molecule has 1 N–H and O–H groups in total. The lowest BCUT2D eigenvalue weighted by Gasteiger charge is -2.11. The monoisotopic (exact) mass is 318 g/mol. The molecule has 0 radical (unpaired) electrons. The predicted octanol–water partition coefficient (Wildman–Crippen LogP) is 3.98. The van der Waals surface area contributed by atoms with Gasteiger partial charge in [-0.15, -0.1) is 0 Å². The summed E-state index contributed by atoms with van der Waals surface area (Å²) < 4.78 is 13.7. The summed E-state index contributed by atoms with van der Waals surface area (Å²) in [6.07, 6.45) is 3.60. The fraction of sp³-hybridized carbons (Fsp3) is 0.100. The Labute approximate surface area is 139 Å². The van der Waals surface area contributed by atoms with E-state index in [0.717, 1.165) is 34.5 Å². The number of aliphatic hydroxyl groups is 1. The Hall–Kier alpha value is -2.85. The predicted molar refractivity (Wildman–Crippen MR) is 92.3 cm³/mol. The van der Waals surface area contributed by atoms with E-state index in [1.54, 1.807) is 18.3 Å². The molecule has 3 aromatic rings. The molecule has 1 aliphatic heterocycles. The zero-order valence-corrected chi connectivity index (χ0v) is 12.9. The third-order valence-electron chi connectivity index (χ3n) is 4.25. The molecule has 0 spiro atoms. The Morgan fingerprint density at radius 3 is 2.79 bits per heavy atom. The minimum Gasteiger partial charge on any atom is -0.392 e. The molecule has 24 heavy (non-hydrogen) atoms. The second-order valence-electron chi connectivity index (χ2n) is 5.75. The van der Waals surface area contributed by atoms with E-state index in [-0.39, 0.29) is 12.2 Å². The number of hydrogen-bond donors (Lipinski definition) is 1. The van der Waals surface area contributed by atoms with Crippen LogP contribution in [0.1, 0.15) is 16.7 Å². The lowest BCUT2D eigenvalue weighted by atomic mass is 9.96. The molecule has 0 amide bonds. The van der Waals surface area contributed by atoms with E-state index in [1.165, 1.54) is 11.6 Å². The highest BCUT2D eigenvalue weighted by Crippen LogP contribution is 2.32. The first-order chi connectivity index (χ1) is 11.8. The Morgan fingerprint density at radius 1 is 1.04 bits per heavy atom. The van der Waals surface area contributed by atoms with Crippen molar-refractivity contribution in [3.05, 3.63) is 77.2 Å². The van der Waals surface area contributed by atoms with E-state index in [0.29, 0.717) is 0 Å². The highest BCUT2D eigenvalue weighted by molar-refractivity contribution is 5.89. The molecule has 1 aromatic heterocycles. The second kappa shape index (κ2) is 5.98. The van der Waals surface area contributed by atoms with Gasteiger partial charge in [0.15, 0.2) is 0 Å². The van der Waals surface area contributed by atoms with Crippen LogP contribution in [0, 0.1) is 5.82 Å². The molecule has 0 unspecified atom stereocenters. The van der Waals surface area contributed by atoms with Gasteiger partial charge < -0.3 is 5.11 Å². The fourth-order valence-corrected chi connectivity index (χ4v) is 2.98. The molecule has 0 saturated heterocycles. The lowest BCUT2D eigenvalue weighted by molar-refractivity contribution is 0.276. The number of benzene rings is 2. The summed E-state index contributed by atoms with van der Waals surface area (Å²) in [5.41, 5.74) is 6.17. The van der Waals surface area contributed by atoms with Crippen molar-refractivity contribution in [1.29, 1.82) is 0 Å². The van der Waals surface area contributed by atoms with Gasteiger partial charge in [-0.1, -0.05) is 18.2 Å². The van der Waals surface area contributed by atoms with Crippen molar-refractivity contribution in [2.45, 2.75) is 13.2 Å². The van der Waals surface area contributed by atoms with E-state index in [9.17, 15) is 9.50 Å². The smallest absolute Gasteiger partial charge is 0.128 e. The molecule has 4 heteroatoms. The van der Waals surface area contributed by atoms with Crippen LogP contribution in [0.5, 0.6) is 0 Å². The maximum absolute atomic E-state index is 13.7. The zero-order valence-electron chi connectivity index (χ0n) is 12.9. The molecule has 3 nitrogen and oxygen atoms in total. The molecule has 0 aliphatic carbocycles. The number of rotatable bonds is 3. The lowest BCUT2D eigenvalue weighted by Crippen LogP contribution is -1.94. The minimum absolute atomic E-state index is 0.269. The Bertz CT molecular complexity index is 950. The Kier molecular flexibility index (Phi) is 3.67. The summed E-state index contributed by atoms with van der Waals surface area (Å²) in [6, 6.07) is 14.8. The van der Waals surface area contributed by atoms with Crippen molar-refractivity contribution in [3.63, 3.8) is 0 Å². The van der Waals surface area contributed by atoms with Gasteiger partial charge in [0.2, 0.25) is 0 Å². The largest absolute Gasteiger partial charge is 0.392 e. The van der Waals surface area contributed by atoms with Gasteiger partial charge in [-0.25, -0.2) is 4.39 Å². The zero-order chi connectivity index (χ0) is 16.5. The first kappa shape index (κ1) is 14.7. The van der Waals surface area contributed by atoms with E-state index in [1.807, 2.05) is 18.3 Å². The molecule has 2 aromatic carbocycles. The Balaban J connectivity index is 1.85. The first-order valence-corrected chi connectivity index (χ1v) is 7.74. The van der Waals surface area contributed by atoms with Gasteiger partial charge in [-0.3, -0.25) is 9.98 Å². The average Bonchev–Trinajstić information content (AvgIpc) is 3.10. The van der Waals surface area contributed by atoms with Crippen LogP contribution < -0.4 is 0 Å². The number of pyridine rings is 1. The maximum atomic E-state index is 13.7. The standard InChI is InChI=1S/C20H15FN2O/c21-19-6-5-14(9-17(19)12-24)20-18(2-1-7-23-20)13-3-4-15-10-22-11-16(15)8-13/h1-9,11,24H,10,12H2. The number of aromatic nitrogens is 1. The number of aliphatic hydroxyl groups excluding tert-OH is 1. The topological polar surface area (TPSA) is 45.5 Å². The van der Waals surface area contributed by atoms with Gasteiger partial charge in [-0.2, -0.15) is 0 Å². The third-order valence-corrected chi connectivity index (χ3v) is 4.25. The van der Waals surface area contributed by atoms with Crippen molar-refractivity contribution in [2.24, 2.45) is 4.99 Å². The normalized spacial score (nSPS) is 12.4. The summed E-state index contributed by atoms with van der Waals surface area (Å²) >= 11 is 0. The van der Waals surface area contributed by atoms with Crippen LogP contribution >= 0.6 is 0 Å². The van der Waals surface area contributed by atoms with E-state index < -0.39 is 5.82 Å². The van der Waals surface area contributed by atoms with Crippen LogP contribution in [-0.4, -0.2) is 16.3 Å². The number of nitrogens with zero attached hydrogens (tertiary/aromatic N) is 2. The van der Waals surface area contributed by atoms with Crippen molar-refractivity contribution < 1.29 is 9.50 Å². The summed E-state index contributed by atoms with van der Waals surface area (Å²) in [7, 11) is 0. The van der Waals surface area contributed by atoms with Crippen LogP contribution in [-0.2, 0) is 13.2 Å². The maximum Gasteiger partial charge on any atom is 0.128 e. The summed E-state index contributed by atoms with van der Waals surface area (Å²) in [6.45, 7) is 0.393. The van der Waals surface area contributed by atoms with Crippen LogP contribution in [0.25, 0.3) is 22.4 Å².